The number of morpholine rings is 1. The zero-order chi connectivity index (χ0) is 20.0. The lowest BCUT2D eigenvalue weighted by molar-refractivity contribution is 0.0949. The number of pyridine rings is 1. The lowest BCUT2D eigenvalue weighted by atomic mass is 9.90. The molecule has 1 aromatic heterocycles. The third kappa shape index (κ3) is 6.20. The van der Waals surface area contributed by atoms with Crippen LogP contribution in [-0.4, -0.2) is 43.7 Å². The molecule has 1 atom stereocenters. The van der Waals surface area contributed by atoms with Crippen molar-refractivity contribution in [3.63, 3.8) is 0 Å². The maximum atomic E-state index is 12.9. The molecule has 0 spiro atoms. The quantitative estimate of drug-likeness (QED) is 0.722. The van der Waals surface area contributed by atoms with Gasteiger partial charge in [-0.1, -0.05) is 34.6 Å². The van der Waals surface area contributed by atoms with E-state index in [0.717, 1.165) is 68.2 Å². The molecule has 2 heterocycles. The molecule has 5 nitrogen and oxygen atoms in total. The zero-order valence-electron chi connectivity index (χ0n) is 18.0. The Morgan fingerprint density at radius 1 is 1.33 bits per heavy atom. The highest BCUT2D eigenvalue weighted by atomic mass is 16.5. The smallest absolute Gasteiger partial charge is 0.253 e. The van der Waals surface area contributed by atoms with E-state index < -0.39 is 0 Å². The summed E-state index contributed by atoms with van der Waals surface area (Å²) >= 11 is 0. The number of aromatic nitrogens is 1. The average Bonchev–Trinajstić information content (AvgIpc) is 2.63. The lowest BCUT2D eigenvalue weighted by Crippen LogP contribution is -2.37. The number of amides is 1. The predicted octanol–water partition coefficient (Wildman–Crippen LogP) is 4.30. The van der Waals surface area contributed by atoms with E-state index >= 15 is 0 Å². The normalized spacial score (nSPS) is 16.3. The molecule has 0 aromatic carbocycles. The van der Waals surface area contributed by atoms with Gasteiger partial charge in [-0.15, -0.1) is 0 Å². The molecule has 0 bridgehead atoms. The molecular formula is C22H37N3O2. The van der Waals surface area contributed by atoms with Crippen LogP contribution in [0.15, 0.2) is 6.07 Å². The van der Waals surface area contributed by atoms with Crippen LogP contribution in [-0.2, 0) is 4.74 Å². The Labute approximate surface area is 164 Å². The van der Waals surface area contributed by atoms with Gasteiger partial charge >= 0.3 is 0 Å². The number of ether oxygens (including phenoxy) is 1. The Bertz CT molecular complexity index is 631. The van der Waals surface area contributed by atoms with Crippen molar-refractivity contribution in [1.29, 1.82) is 0 Å². The molecule has 1 fully saturated rings. The summed E-state index contributed by atoms with van der Waals surface area (Å²) in [5, 5.41) is 3.12. The van der Waals surface area contributed by atoms with Gasteiger partial charge in [0.1, 0.15) is 5.82 Å². The highest BCUT2D eigenvalue weighted by molar-refractivity contribution is 5.97. The summed E-state index contributed by atoms with van der Waals surface area (Å²) in [6.45, 7) is 16.9. The molecule has 1 aliphatic heterocycles. The van der Waals surface area contributed by atoms with Gasteiger partial charge in [-0.2, -0.15) is 0 Å². The topological polar surface area (TPSA) is 54.5 Å². The fourth-order valence-electron chi connectivity index (χ4n) is 3.39. The summed E-state index contributed by atoms with van der Waals surface area (Å²) in [4.78, 5) is 20.1. The highest BCUT2D eigenvalue weighted by Gasteiger charge is 2.23. The number of anilines is 1. The summed E-state index contributed by atoms with van der Waals surface area (Å²) < 4.78 is 5.46. The Hall–Kier alpha value is -1.62. The maximum absolute atomic E-state index is 12.9. The van der Waals surface area contributed by atoms with Crippen molar-refractivity contribution >= 4 is 11.7 Å². The van der Waals surface area contributed by atoms with E-state index in [4.69, 9.17) is 9.72 Å². The van der Waals surface area contributed by atoms with Crippen LogP contribution in [0.3, 0.4) is 0 Å². The first-order valence-electron chi connectivity index (χ1n) is 10.4. The van der Waals surface area contributed by atoms with Gasteiger partial charge in [0, 0.05) is 19.6 Å². The highest BCUT2D eigenvalue weighted by Crippen LogP contribution is 2.28. The van der Waals surface area contributed by atoms with E-state index in [-0.39, 0.29) is 11.8 Å². The zero-order valence-corrected chi connectivity index (χ0v) is 18.0. The molecular weight excluding hydrogens is 338 g/mol. The Kier molecular flexibility index (Phi) is 7.66. The van der Waals surface area contributed by atoms with Crippen molar-refractivity contribution in [3.05, 3.63) is 22.9 Å². The Morgan fingerprint density at radius 2 is 2.00 bits per heavy atom. The van der Waals surface area contributed by atoms with Gasteiger partial charge in [-0.05, 0) is 49.1 Å². The van der Waals surface area contributed by atoms with Crippen LogP contribution >= 0.6 is 0 Å². The van der Waals surface area contributed by atoms with Crippen LogP contribution in [0.4, 0.5) is 5.82 Å². The maximum Gasteiger partial charge on any atom is 0.253 e. The van der Waals surface area contributed by atoms with Crippen molar-refractivity contribution in [2.75, 3.05) is 37.7 Å². The fraction of sp³-hybridized carbons (Fsp3) is 0.727. The standard InChI is InChI=1S/C22H37N3O2/c1-7-16(2)20-19(21(26)23-10-8-9-22(4,5)6)17(3)15-18(24-20)25-11-13-27-14-12-25/h15-16H,7-14H2,1-6H3,(H,23,26). The summed E-state index contributed by atoms with van der Waals surface area (Å²) in [6.07, 6.45) is 3.05. The van der Waals surface area contributed by atoms with Crippen molar-refractivity contribution in [3.8, 4) is 0 Å². The third-order valence-electron chi connectivity index (χ3n) is 5.26. The monoisotopic (exact) mass is 375 g/mol. The second-order valence-electron chi connectivity index (χ2n) is 8.89. The molecule has 1 N–H and O–H groups in total. The Balaban J connectivity index is 2.19. The van der Waals surface area contributed by atoms with E-state index in [1.807, 2.05) is 6.92 Å². The molecule has 1 unspecified atom stereocenters. The van der Waals surface area contributed by atoms with E-state index in [2.05, 4.69) is 50.9 Å². The average molecular weight is 376 g/mol. The van der Waals surface area contributed by atoms with Crippen LogP contribution in [0.1, 0.15) is 81.4 Å². The molecule has 2 rings (SSSR count). The predicted molar refractivity (Wildman–Crippen MR) is 112 cm³/mol. The summed E-state index contributed by atoms with van der Waals surface area (Å²) in [6, 6.07) is 2.06. The van der Waals surface area contributed by atoms with Crippen molar-refractivity contribution in [1.82, 2.24) is 10.3 Å². The molecule has 1 saturated heterocycles. The van der Waals surface area contributed by atoms with E-state index in [0.29, 0.717) is 12.0 Å². The number of aryl methyl sites for hydroxylation is 1. The lowest BCUT2D eigenvalue weighted by Gasteiger charge is -2.29. The SMILES string of the molecule is CCC(C)c1nc(N2CCOCC2)cc(C)c1C(=O)NCCCC(C)(C)C. The van der Waals surface area contributed by atoms with Crippen LogP contribution in [0.5, 0.6) is 0 Å². The largest absolute Gasteiger partial charge is 0.378 e. The van der Waals surface area contributed by atoms with E-state index in [9.17, 15) is 4.79 Å². The molecule has 0 saturated carbocycles. The fourth-order valence-corrected chi connectivity index (χ4v) is 3.39. The number of carbonyl (C=O) groups excluding carboxylic acids is 1. The molecule has 1 amide bonds. The van der Waals surface area contributed by atoms with Crippen molar-refractivity contribution in [2.45, 2.75) is 66.7 Å². The van der Waals surface area contributed by atoms with Gasteiger partial charge in [-0.25, -0.2) is 4.98 Å². The summed E-state index contributed by atoms with van der Waals surface area (Å²) in [7, 11) is 0. The number of nitrogens with one attached hydrogen (secondary N) is 1. The molecule has 0 aliphatic carbocycles. The van der Waals surface area contributed by atoms with Gasteiger partial charge < -0.3 is 15.0 Å². The number of nitrogens with zero attached hydrogens (tertiary/aromatic N) is 2. The van der Waals surface area contributed by atoms with Crippen molar-refractivity contribution < 1.29 is 9.53 Å². The second kappa shape index (κ2) is 9.54. The van der Waals surface area contributed by atoms with Gasteiger partial charge in [0.25, 0.3) is 5.91 Å². The van der Waals surface area contributed by atoms with E-state index in [1.54, 1.807) is 0 Å². The molecule has 1 aliphatic rings. The van der Waals surface area contributed by atoms with Crippen LogP contribution in [0.2, 0.25) is 0 Å². The van der Waals surface area contributed by atoms with Crippen molar-refractivity contribution in [2.24, 2.45) is 5.41 Å². The Morgan fingerprint density at radius 3 is 2.59 bits per heavy atom. The summed E-state index contributed by atoms with van der Waals surface area (Å²) in [5.41, 5.74) is 2.99. The molecule has 0 radical (unpaired) electrons. The number of hydrogen-bond acceptors (Lipinski definition) is 4. The summed E-state index contributed by atoms with van der Waals surface area (Å²) in [5.74, 6) is 1.23. The number of hydrogen-bond donors (Lipinski definition) is 1. The van der Waals surface area contributed by atoms with Gasteiger partial charge in [0.05, 0.1) is 24.5 Å². The minimum atomic E-state index is 0.0118. The van der Waals surface area contributed by atoms with Gasteiger partial charge in [0.2, 0.25) is 0 Å². The van der Waals surface area contributed by atoms with Crippen LogP contribution in [0, 0.1) is 12.3 Å². The number of rotatable bonds is 7. The third-order valence-corrected chi connectivity index (χ3v) is 5.26. The molecule has 1 aromatic rings. The first-order chi connectivity index (χ1) is 12.7. The minimum absolute atomic E-state index is 0.0118. The molecule has 152 valence electrons. The van der Waals surface area contributed by atoms with E-state index in [1.165, 1.54) is 0 Å². The first kappa shape index (κ1) is 21.7. The molecule has 27 heavy (non-hydrogen) atoms. The van der Waals surface area contributed by atoms with Gasteiger partial charge in [0.15, 0.2) is 0 Å². The van der Waals surface area contributed by atoms with Gasteiger partial charge in [-0.3, -0.25) is 4.79 Å². The number of carbonyl (C=O) groups is 1. The van der Waals surface area contributed by atoms with Crippen LogP contribution < -0.4 is 10.2 Å². The second-order valence-corrected chi connectivity index (χ2v) is 8.89. The molecule has 5 heteroatoms. The minimum Gasteiger partial charge on any atom is -0.378 e. The van der Waals surface area contributed by atoms with Crippen LogP contribution in [0.25, 0.3) is 0 Å². The first-order valence-corrected chi connectivity index (χ1v) is 10.4.